The van der Waals surface area contributed by atoms with Crippen LogP contribution in [0.25, 0.3) is 22.1 Å². The summed E-state index contributed by atoms with van der Waals surface area (Å²) in [6, 6.07) is 14.9. The Hall–Kier alpha value is -5.85. The number of rotatable bonds is 7. The highest BCUT2D eigenvalue weighted by atomic mass is 16.1. The lowest BCUT2D eigenvalue weighted by Crippen LogP contribution is -2.06. The van der Waals surface area contributed by atoms with Crippen LogP contribution in [0.2, 0.25) is 0 Å². The van der Waals surface area contributed by atoms with Crippen molar-refractivity contribution in [3.63, 3.8) is 0 Å². The smallest absolute Gasteiger partial charge is 0.221 e. The molecule has 0 aliphatic rings. The average molecular weight is 603 g/mol. The minimum absolute atomic E-state index is 0.147. The standard InChI is InChI=1S/C17H18N6O.C15H16N6/c1-10(2)12-6-17(23-19-8-12)22-16-5-4-14-15(21-16)7-13(9-18-14)20-11(3)24;1-9(2)10-5-15(21-18-7-10)20-14-4-3-12-13(19-14)6-11(16)8-17-12/h4-10H,1-3H3,(H,20,24)(H,21,22,23);3-9H,16H2,1-2H3,(H,19,20,21). The molecule has 0 atom stereocenters. The number of carbonyl (C=O) groups is 1. The molecule has 0 unspecified atom stereocenters. The lowest BCUT2D eigenvalue weighted by atomic mass is 10.1. The van der Waals surface area contributed by atoms with Crippen LogP contribution >= 0.6 is 0 Å². The number of nitrogen functional groups attached to an aromatic ring is 1. The van der Waals surface area contributed by atoms with E-state index in [1.165, 1.54) is 6.92 Å². The van der Waals surface area contributed by atoms with Gasteiger partial charge in [-0.1, -0.05) is 27.7 Å². The van der Waals surface area contributed by atoms with E-state index in [4.69, 9.17) is 5.73 Å². The van der Waals surface area contributed by atoms with Crippen LogP contribution in [-0.4, -0.2) is 46.2 Å². The fourth-order valence-corrected chi connectivity index (χ4v) is 4.22. The zero-order valence-corrected chi connectivity index (χ0v) is 25.6. The molecular weight excluding hydrogens is 568 g/mol. The number of fused-ring (bicyclic) bond motifs is 2. The predicted molar refractivity (Wildman–Crippen MR) is 177 cm³/mol. The Morgan fingerprint density at radius 3 is 1.67 bits per heavy atom. The minimum atomic E-state index is -0.147. The van der Waals surface area contributed by atoms with Crippen LogP contribution in [0.4, 0.5) is 34.6 Å². The number of amides is 1. The third kappa shape index (κ3) is 8.16. The highest BCUT2D eigenvalue weighted by Gasteiger charge is 2.07. The van der Waals surface area contributed by atoms with Crippen molar-refractivity contribution < 1.29 is 4.79 Å². The van der Waals surface area contributed by atoms with Gasteiger partial charge in [0.2, 0.25) is 5.91 Å². The first-order valence-corrected chi connectivity index (χ1v) is 14.4. The second-order valence-corrected chi connectivity index (χ2v) is 11.0. The molecule has 0 bridgehead atoms. The van der Waals surface area contributed by atoms with E-state index in [9.17, 15) is 4.79 Å². The molecule has 0 spiro atoms. The number of nitrogens with two attached hydrogens (primary N) is 1. The van der Waals surface area contributed by atoms with E-state index in [2.05, 4.69) is 84.0 Å². The van der Waals surface area contributed by atoms with Crippen LogP contribution in [0.5, 0.6) is 0 Å². The Labute approximate surface area is 260 Å². The lowest BCUT2D eigenvalue weighted by Gasteiger charge is -2.09. The monoisotopic (exact) mass is 602 g/mol. The summed E-state index contributed by atoms with van der Waals surface area (Å²) in [5.74, 6) is 3.25. The van der Waals surface area contributed by atoms with Gasteiger partial charge >= 0.3 is 0 Å². The van der Waals surface area contributed by atoms with Gasteiger partial charge in [0.1, 0.15) is 11.6 Å². The molecule has 13 heteroatoms. The molecule has 6 rings (SSSR count). The number of nitrogens with one attached hydrogen (secondary N) is 3. The Balaban J connectivity index is 0.000000179. The van der Waals surface area contributed by atoms with Crippen molar-refractivity contribution in [3.8, 4) is 0 Å². The summed E-state index contributed by atoms with van der Waals surface area (Å²) >= 11 is 0. The molecule has 6 aromatic rings. The molecule has 45 heavy (non-hydrogen) atoms. The Morgan fingerprint density at radius 1 is 0.644 bits per heavy atom. The fourth-order valence-electron chi connectivity index (χ4n) is 4.22. The van der Waals surface area contributed by atoms with Crippen LogP contribution in [0.3, 0.4) is 0 Å². The van der Waals surface area contributed by atoms with Gasteiger partial charge in [-0.25, -0.2) is 9.97 Å². The van der Waals surface area contributed by atoms with Crippen LogP contribution in [0.1, 0.15) is 57.6 Å². The number of carbonyl (C=O) groups excluding carboxylic acids is 1. The van der Waals surface area contributed by atoms with Gasteiger partial charge in [-0.2, -0.15) is 10.2 Å². The van der Waals surface area contributed by atoms with Gasteiger partial charge in [-0.15, -0.1) is 10.2 Å². The molecule has 0 saturated heterocycles. The summed E-state index contributed by atoms with van der Waals surface area (Å²) < 4.78 is 0. The maximum absolute atomic E-state index is 11.2. The molecule has 0 saturated carbocycles. The van der Waals surface area contributed by atoms with Crippen molar-refractivity contribution in [3.05, 3.63) is 84.4 Å². The number of aromatic nitrogens is 8. The number of nitrogens with zero attached hydrogens (tertiary/aromatic N) is 8. The van der Waals surface area contributed by atoms with Crippen molar-refractivity contribution in [1.29, 1.82) is 0 Å². The molecule has 0 radical (unpaired) electrons. The molecule has 0 aromatic carbocycles. The normalized spacial score (nSPS) is 10.9. The van der Waals surface area contributed by atoms with Crippen molar-refractivity contribution in [2.24, 2.45) is 0 Å². The fraction of sp³-hybridized carbons (Fsp3) is 0.219. The quantitative estimate of drug-likeness (QED) is 0.165. The minimum Gasteiger partial charge on any atom is -0.397 e. The Kier molecular flexibility index (Phi) is 9.27. The molecule has 0 fully saturated rings. The molecular formula is C32H34N12O. The van der Waals surface area contributed by atoms with Gasteiger partial charge < -0.3 is 21.7 Å². The zero-order valence-electron chi connectivity index (χ0n) is 25.6. The molecule has 0 aliphatic carbocycles. The van der Waals surface area contributed by atoms with E-state index in [-0.39, 0.29) is 5.91 Å². The van der Waals surface area contributed by atoms with Crippen molar-refractivity contribution in [1.82, 2.24) is 40.3 Å². The van der Waals surface area contributed by atoms with Gasteiger partial charge in [0.25, 0.3) is 0 Å². The van der Waals surface area contributed by atoms with Crippen molar-refractivity contribution in [2.75, 3.05) is 21.7 Å². The molecule has 13 nitrogen and oxygen atoms in total. The predicted octanol–water partition coefficient (Wildman–Crippen LogP) is 6.11. The zero-order chi connectivity index (χ0) is 31.9. The summed E-state index contributed by atoms with van der Waals surface area (Å²) in [7, 11) is 0. The summed E-state index contributed by atoms with van der Waals surface area (Å²) in [6.45, 7) is 9.89. The largest absolute Gasteiger partial charge is 0.397 e. The van der Waals surface area contributed by atoms with Gasteiger partial charge in [-0.05, 0) is 71.5 Å². The van der Waals surface area contributed by atoms with E-state index < -0.39 is 0 Å². The topological polar surface area (TPSA) is 182 Å². The van der Waals surface area contributed by atoms with Gasteiger partial charge in [0, 0.05) is 6.92 Å². The molecule has 6 heterocycles. The first-order chi connectivity index (χ1) is 21.6. The summed E-state index contributed by atoms with van der Waals surface area (Å²) in [6.07, 6.45) is 6.76. The number of hydrogen-bond acceptors (Lipinski definition) is 12. The number of anilines is 6. The first-order valence-electron chi connectivity index (χ1n) is 14.4. The molecule has 5 N–H and O–H groups in total. The lowest BCUT2D eigenvalue weighted by molar-refractivity contribution is -0.114. The Morgan fingerprint density at radius 2 is 1.16 bits per heavy atom. The van der Waals surface area contributed by atoms with Gasteiger partial charge in [-0.3, -0.25) is 14.8 Å². The van der Waals surface area contributed by atoms with E-state index in [1.807, 2.05) is 36.4 Å². The van der Waals surface area contributed by atoms with Crippen LogP contribution in [0.15, 0.2) is 73.3 Å². The molecule has 0 aliphatic heterocycles. The number of hydrogen-bond donors (Lipinski definition) is 4. The van der Waals surface area contributed by atoms with Crippen molar-refractivity contribution in [2.45, 2.75) is 46.5 Å². The third-order valence-corrected chi connectivity index (χ3v) is 6.61. The third-order valence-electron chi connectivity index (χ3n) is 6.61. The van der Waals surface area contributed by atoms with E-state index in [1.54, 1.807) is 36.9 Å². The molecule has 228 valence electrons. The average Bonchev–Trinajstić information content (AvgIpc) is 3.01. The summed E-state index contributed by atoms with van der Waals surface area (Å²) in [5, 5.41) is 25.2. The highest BCUT2D eigenvalue weighted by molar-refractivity contribution is 5.91. The second kappa shape index (κ2) is 13.6. The first kappa shape index (κ1) is 30.6. The SMILES string of the molecule is CC(=O)Nc1cnc2ccc(Nc3cc(C(C)C)cnn3)nc2c1.CC(C)c1cnnc(Nc2ccc3ncc(N)cc3n2)c1. The van der Waals surface area contributed by atoms with Gasteiger partial charge in [0.05, 0.1) is 58.2 Å². The van der Waals surface area contributed by atoms with E-state index in [0.717, 1.165) is 27.7 Å². The molecule has 6 aromatic heterocycles. The van der Waals surface area contributed by atoms with Gasteiger partial charge in [0.15, 0.2) is 11.6 Å². The maximum atomic E-state index is 11.2. The summed E-state index contributed by atoms with van der Waals surface area (Å²) in [5.41, 5.74) is 12.1. The Bertz CT molecular complexity index is 1960. The van der Waals surface area contributed by atoms with E-state index >= 15 is 0 Å². The molecule has 1 amide bonds. The van der Waals surface area contributed by atoms with Crippen LogP contribution in [0, 0.1) is 0 Å². The highest BCUT2D eigenvalue weighted by Crippen LogP contribution is 2.22. The summed E-state index contributed by atoms with van der Waals surface area (Å²) in [4.78, 5) is 28.7. The van der Waals surface area contributed by atoms with Crippen LogP contribution in [-0.2, 0) is 4.79 Å². The van der Waals surface area contributed by atoms with Crippen LogP contribution < -0.4 is 21.7 Å². The second-order valence-electron chi connectivity index (χ2n) is 11.0. The number of pyridine rings is 4. The maximum Gasteiger partial charge on any atom is 0.221 e. The van der Waals surface area contributed by atoms with E-state index in [0.29, 0.717) is 52.0 Å². The van der Waals surface area contributed by atoms with Crippen molar-refractivity contribution >= 4 is 62.6 Å².